The summed E-state index contributed by atoms with van der Waals surface area (Å²) < 4.78 is 11.7. The number of benzene rings is 2. The van der Waals surface area contributed by atoms with Crippen LogP contribution in [0.25, 0.3) is 5.82 Å². The molecule has 0 saturated heterocycles. The molecular weight excluding hydrogens is 533 g/mol. The summed E-state index contributed by atoms with van der Waals surface area (Å²) in [5.74, 6) is 0.0753. The molecule has 3 N–H and O–H groups in total. The third-order valence-corrected chi connectivity index (χ3v) is 6.15. The summed E-state index contributed by atoms with van der Waals surface area (Å²) >= 11 is 12.2. The highest BCUT2D eigenvalue weighted by Gasteiger charge is 2.25. The van der Waals surface area contributed by atoms with Crippen molar-refractivity contribution in [3.05, 3.63) is 75.0 Å². The number of hydrazone groups is 1. The Kier molecular flexibility index (Phi) is 8.89. The summed E-state index contributed by atoms with van der Waals surface area (Å²) in [4.78, 5) is 15.3. The van der Waals surface area contributed by atoms with Gasteiger partial charge in [0.25, 0.3) is 5.91 Å². The largest absolute Gasteiger partial charge is 0.489 e. The van der Waals surface area contributed by atoms with Gasteiger partial charge >= 0.3 is 0 Å². The minimum absolute atomic E-state index is 0.0291. The average molecular weight is 558 g/mol. The summed E-state index contributed by atoms with van der Waals surface area (Å²) in [7, 11) is 0. The van der Waals surface area contributed by atoms with Crippen LogP contribution >= 0.6 is 23.2 Å². The van der Waals surface area contributed by atoms with Gasteiger partial charge in [-0.15, -0.1) is 5.10 Å². The third-order valence-electron chi connectivity index (χ3n) is 5.57. The standard InChI is InChI=1S/C24H25Cl2N9O3/c1-3-34(4-2)13-20-21(35(33-29-20)23-22(27)31-38-32-23)24(36)30-28-12-15-6-5-7-18(10-15)37-14-16-8-9-17(25)11-19(16)26/h5-12H,3-4,13-14H2,1-2H3,(H2,27,31)(H,30,36)/b28-12-. The van der Waals surface area contributed by atoms with Crippen LogP contribution in [0.4, 0.5) is 5.82 Å². The van der Waals surface area contributed by atoms with Crippen molar-refractivity contribution in [2.24, 2.45) is 5.10 Å². The molecule has 0 aliphatic rings. The van der Waals surface area contributed by atoms with Crippen LogP contribution in [0.2, 0.25) is 10.0 Å². The van der Waals surface area contributed by atoms with Crippen molar-refractivity contribution < 1.29 is 14.2 Å². The monoisotopic (exact) mass is 557 g/mol. The van der Waals surface area contributed by atoms with Gasteiger partial charge in [0.1, 0.15) is 18.1 Å². The molecule has 14 heteroatoms. The van der Waals surface area contributed by atoms with E-state index < -0.39 is 5.91 Å². The van der Waals surface area contributed by atoms with Crippen molar-refractivity contribution in [2.75, 3.05) is 18.8 Å². The molecule has 0 spiro atoms. The first kappa shape index (κ1) is 27.0. The fourth-order valence-electron chi connectivity index (χ4n) is 3.49. The number of hydrogen-bond donors (Lipinski definition) is 2. The number of nitrogens with one attached hydrogen (secondary N) is 1. The van der Waals surface area contributed by atoms with Crippen LogP contribution in [0.1, 0.15) is 41.2 Å². The first-order valence-electron chi connectivity index (χ1n) is 11.6. The van der Waals surface area contributed by atoms with Gasteiger partial charge in [-0.1, -0.05) is 60.5 Å². The van der Waals surface area contributed by atoms with Gasteiger partial charge in [0.05, 0.1) is 6.21 Å². The Morgan fingerprint density at radius 1 is 1.21 bits per heavy atom. The minimum atomic E-state index is -0.555. The molecular formula is C24H25Cl2N9O3. The van der Waals surface area contributed by atoms with Gasteiger partial charge in [0, 0.05) is 22.2 Å². The van der Waals surface area contributed by atoms with E-state index in [1.165, 1.54) is 10.9 Å². The zero-order chi connectivity index (χ0) is 27.1. The van der Waals surface area contributed by atoms with E-state index in [0.717, 1.165) is 18.7 Å². The lowest BCUT2D eigenvalue weighted by Gasteiger charge is -2.16. The SMILES string of the molecule is CCN(CC)Cc1nnn(-c2nonc2N)c1C(=O)N/N=C\c1cccc(OCc2ccc(Cl)cc2Cl)c1. The summed E-state index contributed by atoms with van der Waals surface area (Å²) in [5.41, 5.74) is 10.4. The van der Waals surface area contributed by atoms with Gasteiger partial charge in [-0.25, -0.2) is 10.1 Å². The van der Waals surface area contributed by atoms with Crippen molar-refractivity contribution in [1.29, 1.82) is 0 Å². The van der Waals surface area contributed by atoms with E-state index >= 15 is 0 Å². The van der Waals surface area contributed by atoms with Crippen LogP contribution in [0.5, 0.6) is 5.75 Å². The number of nitrogens with zero attached hydrogens (tertiary/aromatic N) is 7. The van der Waals surface area contributed by atoms with Gasteiger partial charge in [-0.3, -0.25) is 9.69 Å². The highest BCUT2D eigenvalue weighted by molar-refractivity contribution is 6.35. The molecule has 0 fully saturated rings. The first-order chi connectivity index (χ1) is 18.4. The van der Waals surface area contributed by atoms with Crippen molar-refractivity contribution in [3.8, 4) is 11.6 Å². The van der Waals surface area contributed by atoms with Crippen LogP contribution in [-0.4, -0.2) is 55.4 Å². The lowest BCUT2D eigenvalue weighted by Crippen LogP contribution is -2.27. The average Bonchev–Trinajstić information content (AvgIpc) is 3.52. The zero-order valence-electron chi connectivity index (χ0n) is 20.6. The highest BCUT2D eigenvalue weighted by Crippen LogP contribution is 2.23. The van der Waals surface area contributed by atoms with Gasteiger partial charge in [0.15, 0.2) is 5.69 Å². The minimum Gasteiger partial charge on any atom is -0.489 e. The van der Waals surface area contributed by atoms with E-state index in [4.69, 9.17) is 33.7 Å². The Hall–Kier alpha value is -4.00. The molecule has 2 heterocycles. The molecule has 4 rings (SSSR count). The molecule has 0 atom stereocenters. The third kappa shape index (κ3) is 6.46. The number of nitrogens with two attached hydrogens (primary N) is 1. The van der Waals surface area contributed by atoms with Crippen LogP contribution in [0.3, 0.4) is 0 Å². The second-order valence-corrected chi connectivity index (χ2v) is 8.87. The number of carbonyl (C=O) groups is 1. The molecule has 0 unspecified atom stereocenters. The van der Waals surface area contributed by atoms with Crippen LogP contribution in [-0.2, 0) is 13.2 Å². The Balaban J connectivity index is 1.48. The molecule has 2 aromatic carbocycles. The molecule has 198 valence electrons. The van der Waals surface area contributed by atoms with Crippen molar-refractivity contribution in [2.45, 2.75) is 27.0 Å². The van der Waals surface area contributed by atoms with Gasteiger partial charge in [-0.05, 0) is 53.2 Å². The lowest BCUT2D eigenvalue weighted by atomic mass is 10.2. The Bertz CT molecular complexity index is 1430. The topological polar surface area (TPSA) is 150 Å². The number of rotatable bonds is 11. The molecule has 38 heavy (non-hydrogen) atoms. The van der Waals surface area contributed by atoms with E-state index in [1.54, 1.807) is 24.3 Å². The Morgan fingerprint density at radius 2 is 2.03 bits per heavy atom. The van der Waals surface area contributed by atoms with E-state index in [1.807, 2.05) is 32.0 Å². The van der Waals surface area contributed by atoms with E-state index in [2.05, 4.69) is 40.7 Å². The predicted molar refractivity (Wildman–Crippen MR) is 143 cm³/mol. The number of hydrogen-bond acceptors (Lipinski definition) is 10. The first-order valence-corrected chi connectivity index (χ1v) is 12.4. The molecule has 0 aliphatic heterocycles. The molecule has 1 amide bonds. The van der Waals surface area contributed by atoms with E-state index in [-0.39, 0.29) is 23.9 Å². The molecule has 4 aromatic rings. The molecule has 2 aromatic heterocycles. The Labute approximate surface area is 228 Å². The normalized spacial score (nSPS) is 11.4. The smallest absolute Gasteiger partial charge is 0.292 e. The van der Waals surface area contributed by atoms with E-state index in [9.17, 15) is 4.79 Å². The second kappa shape index (κ2) is 12.5. The molecule has 0 saturated carbocycles. The van der Waals surface area contributed by atoms with Crippen LogP contribution in [0.15, 0.2) is 52.2 Å². The lowest BCUT2D eigenvalue weighted by molar-refractivity contribution is 0.0945. The zero-order valence-corrected chi connectivity index (χ0v) is 22.1. The summed E-state index contributed by atoms with van der Waals surface area (Å²) in [5, 5.41) is 20.7. The second-order valence-electron chi connectivity index (χ2n) is 8.03. The number of halogens is 2. The van der Waals surface area contributed by atoms with E-state index in [0.29, 0.717) is 33.6 Å². The molecule has 0 bridgehead atoms. The number of ether oxygens (including phenoxy) is 1. The molecule has 12 nitrogen and oxygen atoms in total. The fourth-order valence-corrected chi connectivity index (χ4v) is 3.96. The van der Waals surface area contributed by atoms with Gasteiger partial charge in [0.2, 0.25) is 11.6 Å². The van der Waals surface area contributed by atoms with Crippen molar-refractivity contribution >= 4 is 41.1 Å². The maximum absolute atomic E-state index is 13.2. The number of anilines is 1. The predicted octanol–water partition coefficient (Wildman–Crippen LogP) is 3.72. The van der Waals surface area contributed by atoms with Crippen molar-refractivity contribution in [1.82, 2.24) is 35.6 Å². The fraction of sp³-hybridized carbons (Fsp3) is 0.250. The maximum atomic E-state index is 13.2. The summed E-state index contributed by atoms with van der Waals surface area (Å²) in [6.45, 7) is 6.21. The maximum Gasteiger partial charge on any atom is 0.292 e. The van der Waals surface area contributed by atoms with Crippen molar-refractivity contribution in [3.63, 3.8) is 0 Å². The summed E-state index contributed by atoms with van der Waals surface area (Å²) in [6, 6.07) is 12.4. The number of amides is 1. The number of aromatic nitrogens is 5. The highest BCUT2D eigenvalue weighted by atomic mass is 35.5. The summed E-state index contributed by atoms with van der Waals surface area (Å²) in [6.07, 6.45) is 1.49. The quantitative estimate of drug-likeness (QED) is 0.207. The van der Waals surface area contributed by atoms with Crippen LogP contribution in [0, 0.1) is 0 Å². The van der Waals surface area contributed by atoms with Crippen LogP contribution < -0.4 is 15.9 Å². The molecule has 0 radical (unpaired) electrons. The van der Waals surface area contributed by atoms with Gasteiger partial charge < -0.3 is 10.5 Å². The number of carbonyl (C=O) groups excluding carboxylic acids is 1. The van der Waals surface area contributed by atoms with Gasteiger partial charge in [-0.2, -0.15) is 9.78 Å². The number of nitrogen functional groups attached to an aromatic ring is 1. The Morgan fingerprint density at radius 3 is 2.74 bits per heavy atom. The molecule has 0 aliphatic carbocycles.